The topological polar surface area (TPSA) is 41.5 Å². The number of aliphatic imine (C=N–C) groups is 1. The molecule has 7 heteroatoms. The van der Waals surface area contributed by atoms with Gasteiger partial charge in [0.15, 0.2) is 0 Å². The molecule has 1 aromatic carbocycles. The van der Waals surface area contributed by atoms with Gasteiger partial charge in [0.25, 0.3) is 0 Å². The Hall–Kier alpha value is -0.360. The summed E-state index contributed by atoms with van der Waals surface area (Å²) >= 11 is 14.9. The minimum absolute atomic E-state index is 0.0708. The smallest absolute Gasteiger partial charge is 0.237 e. The quantitative estimate of drug-likeness (QED) is 0.902. The fourth-order valence-corrected chi connectivity index (χ4v) is 3.84. The molecule has 1 aliphatic heterocycles. The van der Waals surface area contributed by atoms with Crippen LogP contribution in [0.2, 0.25) is 10.0 Å². The first kappa shape index (κ1) is 15.0. The van der Waals surface area contributed by atoms with Gasteiger partial charge in [-0.3, -0.25) is 9.79 Å². The highest BCUT2D eigenvalue weighted by Gasteiger charge is 2.19. The van der Waals surface area contributed by atoms with E-state index in [2.05, 4.69) is 10.3 Å². The van der Waals surface area contributed by atoms with Gasteiger partial charge in [-0.15, -0.1) is 0 Å². The third kappa shape index (κ3) is 4.31. The van der Waals surface area contributed by atoms with E-state index in [9.17, 15) is 4.79 Å². The standard InChI is InChI=1S/C12H12Cl2N2OS2/c1-7(19-12-15-4-5-18-12)11(17)16-8-2-3-9(13)10(14)6-8/h2-3,6-7H,4-5H2,1H3,(H,16,17). The summed E-state index contributed by atoms with van der Waals surface area (Å²) in [5.74, 6) is 0.933. The Labute approximate surface area is 130 Å². The van der Waals surface area contributed by atoms with Crippen LogP contribution in [0.4, 0.5) is 5.69 Å². The molecule has 1 atom stereocenters. The van der Waals surface area contributed by atoms with Crippen molar-refractivity contribution >= 4 is 62.7 Å². The van der Waals surface area contributed by atoms with Gasteiger partial charge in [0, 0.05) is 11.4 Å². The highest BCUT2D eigenvalue weighted by atomic mass is 35.5. The normalized spacial score (nSPS) is 16.1. The molecule has 0 bridgehead atoms. The Kier molecular flexibility index (Phi) is 5.45. The summed E-state index contributed by atoms with van der Waals surface area (Å²) in [6, 6.07) is 5.03. The van der Waals surface area contributed by atoms with Crippen LogP contribution in [0, 0.1) is 0 Å². The minimum Gasteiger partial charge on any atom is -0.325 e. The van der Waals surface area contributed by atoms with Crippen LogP contribution in [0.3, 0.4) is 0 Å². The predicted octanol–water partition coefficient (Wildman–Crippen LogP) is 4.16. The number of hydrogen-bond donors (Lipinski definition) is 1. The van der Waals surface area contributed by atoms with Crippen LogP contribution in [0.1, 0.15) is 6.92 Å². The number of nitrogens with zero attached hydrogens (tertiary/aromatic N) is 1. The number of amides is 1. The molecular weight excluding hydrogens is 323 g/mol. The monoisotopic (exact) mass is 334 g/mol. The number of rotatable bonds is 3. The maximum atomic E-state index is 12.0. The molecule has 0 aromatic heterocycles. The lowest BCUT2D eigenvalue weighted by atomic mass is 10.3. The van der Waals surface area contributed by atoms with Crippen LogP contribution < -0.4 is 5.32 Å². The molecule has 3 nitrogen and oxygen atoms in total. The molecule has 1 aromatic rings. The summed E-state index contributed by atoms with van der Waals surface area (Å²) in [5.41, 5.74) is 0.646. The van der Waals surface area contributed by atoms with E-state index in [4.69, 9.17) is 23.2 Å². The van der Waals surface area contributed by atoms with Crippen LogP contribution in [0.15, 0.2) is 23.2 Å². The number of carbonyl (C=O) groups is 1. The number of halogens is 2. The highest BCUT2D eigenvalue weighted by molar-refractivity contribution is 8.39. The highest BCUT2D eigenvalue weighted by Crippen LogP contribution is 2.28. The van der Waals surface area contributed by atoms with E-state index >= 15 is 0 Å². The molecule has 0 radical (unpaired) electrons. The summed E-state index contributed by atoms with van der Waals surface area (Å²) in [4.78, 5) is 16.3. The first-order chi connectivity index (χ1) is 9.06. The van der Waals surface area contributed by atoms with Crippen LogP contribution in [-0.2, 0) is 4.79 Å². The van der Waals surface area contributed by atoms with E-state index in [1.165, 1.54) is 11.8 Å². The third-order valence-corrected chi connectivity index (χ3v) is 5.43. The average Bonchev–Trinajstić information content (AvgIpc) is 2.86. The molecule has 19 heavy (non-hydrogen) atoms. The Balaban J connectivity index is 1.94. The molecule has 1 N–H and O–H groups in total. The second kappa shape index (κ2) is 6.88. The molecule has 0 fully saturated rings. The Bertz CT molecular complexity index is 522. The molecule has 0 spiro atoms. The van der Waals surface area contributed by atoms with Crippen molar-refractivity contribution in [3.05, 3.63) is 28.2 Å². The van der Waals surface area contributed by atoms with Gasteiger partial charge in [-0.25, -0.2) is 0 Å². The summed E-state index contributed by atoms with van der Waals surface area (Å²) in [7, 11) is 0. The number of carbonyl (C=O) groups excluding carboxylic acids is 1. The largest absolute Gasteiger partial charge is 0.325 e. The van der Waals surface area contributed by atoms with E-state index in [0.717, 1.165) is 16.7 Å². The van der Waals surface area contributed by atoms with Crippen molar-refractivity contribution in [1.82, 2.24) is 0 Å². The van der Waals surface area contributed by atoms with Gasteiger partial charge in [-0.1, -0.05) is 46.7 Å². The minimum atomic E-state index is -0.196. The van der Waals surface area contributed by atoms with Crippen molar-refractivity contribution in [1.29, 1.82) is 0 Å². The summed E-state index contributed by atoms with van der Waals surface area (Å²) < 4.78 is 0.983. The first-order valence-electron chi connectivity index (χ1n) is 5.66. The van der Waals surface area contributed by atoms with E-state index in [1.807, 2.05) is 6.92 Å². The number of benzene rings is 1. The molecule has 1 amide bonds. The lowest BCUT2D eigenvalue weighted by molar-refractivity contribution is -0.115. The van der Waals surface area contributed by atoms with Crippen molar-refractivity contribution in [3.63, 3.8) is 0 Å². The molecule has 0 saturated carbocycles. The Morgan fingerprint density at radius 2 is 2.26 bits per heavy atom. The summed E-state index contributed by atoms with van der Waals surface area (Å²) in [5, 5.41) is 3.52. The van der Waals surface area contributed by atoms with E-state index in [-0.39, 0.29) is 11.2 Å². The molecule has 0 saturated heterocycles. The summed E-state index contributed by atoms with van der Waals surface area (Å²) in [6.07, 6.45) is 0. The lowest BCUT2D eigenvalue weighted by Gasteiger charge is -2.11. The number of thioether (sulfide) groups is 2. The zero-order valence-corrected chi connectivity index (χ0v) is 13.3. The van der Waals surface area contributed by atoms with Crippen LogP contribution >= 0.6 is 46.7 Å². The molecule has 1 aliphatic rings. The zero-order valence-electron chi connectivity index (χ0n) is 10.2. The fraction of sp³-hybridized carbons (Fsp3) is 0.333. The zero-order chi connectivity index (χ0) is 13.8. The molecule has 102 valence electrons. The van der Waals surface area contributed by atoms with E-state index < -0.39 is 0 Å². The molecule has 1 heterocycles. The maximum Gasteiger partial charge on any atom is 0.237 e. The molecule has 2 rings (SSSR count). The van der Waals surface area contributed by atoms with Crippen LogP contribution in [-0.4, -0.2) is 27.8 Å². The van der Waals surface area contributed by atoms with Crippen LogP contribution in [0.25, 0.3) is 0 Å². The number of anilines is 1. The predicted molar refractivity (Wildman–Crippen MR) is 86.9 cm³/mol. The Morgan fingerprint density at radius 1 is 1.47 bits per heavy atom. The van der Waals surface area contributed by atoms with Crippen molar-refractivity contribution in [2.24, 2.45) is 4.99 Å². The lowest BCUT2D eigenvalue weighted by Crippen LogP contribution is -2.23. The maximum absolute atomic E-state index is 12.0. The SMILES string of the molecule is CC(SC1=NCCS1)C(=O)Nc1ccc(Cl)c(Cl)c1. The van der Waals surface area contributed by atoms with Crippen molar-refractivity contribution < 1.29 is 4.79 Å². The second-order valence-electron chi connectivity index (χ2n) is 3.87. The fourth-order valence-electron chi connectivity index (χ4n) is 1.41. The summed E-state index contributed by atoms with van der Waals surface area (Å²) in [6.45, 7) is 2.70. The van der Waals surface area contributed by atoms with E-state index in [0.29, 0.717) is 15.7 Å². The van der Waals surface area contributed by atoms with Gasteiger partial charge in [-0.2, -0.15) is 0 Å². The van der Waals surface area contributed by atoms with Gasteiger partial charge in [0.05, 0.1) is 21.8 Å². The van der Waals surface area contributed by atoms with E-state index in [1.54, 1.807) is 30.0 Å². The average molecular weight is 335 g/mol. The van der Waals surface area contributed by atoms with Crippen molar-refractivity contribution in [2.75, 3.05) is 17.6 Å². The van der Waals surface area contributed by atoms with Gasteiger partial charge < -0.3 is 5.32 Å². The molecular formula is C12H12Cl2N2OS2. The third-order valence-electron chi connectivity index (χ3n) is 2.39. The van der Waals surface area contributed by atoms with Gasteiger partial charge in [0.2, 0.25) is 5.91 Å². The van der Waals surface area contributed by atoms with Crippen molar-refractivity contribution in [3.8, 4) is 0 Å². The molecule has 1 unspecified atom stereocenters. The van der Waals surface area contributed by atoms with Gasteiger partial charge in [0.1, 0.15) is 4.38 Å². The first-order valence-corrected chi connectivity index (χ1v) is 8.28. The number of nitrogens with one attached hydrogen (secondary N) is 1. The van der Waals surface area contributed by atoms with Gasteiger partial charge in [-0.05, 0) is 25.1 Å². The van der Waals surface area contributed by atoms with Crippen LogP contribution in [0.5, 0.6) is 0 Å². The molecule has 0 aliphatic carbocycles. The van der Waals surface area contributed by atoms with Gasteiger partial charge >= 0.3 is 0 Å². The number of hydrogen-bond acceptors (Lipinski definition) is 4. The second-order valence-corrected chi connectivity index (χ2v) is 7.36. The van der Waals surface area contributed by atoms with Crippen molar-refractivity contribution in [2.45, 2.75) is 12.2 Å². The Morgan fingerprint density at radius 3 is 2.89 bits per heavy atom.